The van der Waals surface area contributed by atoms with Gasteiger partial charge in [-0.1, -0.05) is 269 Å². The van der Waals surface area contributed by atoms with Crippen molar-refractivity contribution in [2.24, 2.45) is 0 Å². The molecule has 0 aromatic carbocycles. The molecule has 436 valence electrons. The van der Waals surface area contributed by atoms with E-state index < -0.39 is 49.5 Å². The molecule has 0 aliphatic carbocycles. The van der Waals surface area contributed by atoms with Gasteiger partial charge < -0.3 is 45.1 Å². The molecule has 1 saturated heterocycles. The number of aliphatic hydroxyl groups excluding tert-OH is 5. The van der Waals surface area contributed by atoms with Crippen LogP contribution in [-0.4, -0.2) is 100 Å². The molecule has 1 amide bonds. The van der Waals surface area contributed by atoms with Crippen LogP contribution < -0.4 is 5.32 Å². The van der Waals surface area contributed by atoms with Crippen molar-refractivity contribution in [3.8, 4) is 0 Å². The van der Waals surface area contributed by atoms with E-state index in [4.69, 9.17) is 14.2 Å². The normalized spacial score (nSPS) is 18.9. The van der Waals surface area contributed by atoms with Crippen LogP contribution in [0.1, 0.15) is 303 Å². The number of allylic oxidation sites excluding steroid dienone is 3. The molecule has 1 aliphatic heterocycles. The van der Waals surface area contributed by atoms with Gasteiger partial charge in [0.1, 0.15) is 24.4 Å². The van der Waals surface area contributed by atoms with Gasteiger partial charge in [0.2, 0.25) is 5.91 Å². The van der Waals surface area contributed by atoms with Gasteiger partial charge in [-0.3, -0.25) is 9.59 Å². The fraction of sp³-hybridized carbons (Fsp3) is 0.905. The zero-order valence-electron chi connectivity index (χ0n) is 48.1. The second kappa shape index (κ2) is 53.2. The molecule has 1 fully saturated rings. The van der Waals surface area contributed by atoms with Gasteiger partial charge in [-0.05, 0) is 44.9 Å². The summed E-state index contributed by atoms with van der Waals surface area (Å²) < 4.78 is 16.7. The zero-order chi connectivity index (χ0) is 53.8. The summed E-state index contributed by atoms with van der Waals surface area (Å²) in [4.78, 5) is 25.0. The first-order chi connectivity index (χ1) is 36.2. The van der Waals surface area contributed by atoms with E-state index in [1.165, 1.54) is 218 Å². The van der Waals surface area contributed by atoms with Crippen molar-refractivity contribution in [2.45, 2.75) is 346 Å². The van der Waals surface area contributed by atoms with E-state index in [1.54, 1.807) is 6.08 Å². The average Bonchev–Trinajstić information content (AvgIpc) is 3.40. The predicted octanol–water partition coefficient (Wildman–Crippen LogP) is 14.9. The Hall–Kier alpha value is -1.86. The Morgan fingerprint density at radius 3 is 1.34 bits per heavy atom. The number of unbranched alkanes of at least 4 members (excludes halogenated alkanes) is 39. The van der Waals surface area contributed by atoms with Crippen molar-refractivity contribution < 1.29 is 49.3 Å². The molecule has 11 heteroatoms. The molecule has 74 heavy (non-hydrogen) atoms. The summed E-state index contributed by atoms with van der Waals surface area (Å²) in [5, 5.41) is 54.2. The van der Waals surface area contributed by atoms with E-state index in [0.717, 1.165) is 57.8 Å². The summed E-state index contributed by atoms with van der Waals surface area (Å²) in [6.45, 7) is 4.31. The molecule has 1 aliphatic rings. The van der Waals surface area contributed by atoms with Gasteiger partial charge in [0, 0.05) is 12.8 Å². The number of rotatable bonds is 55. The Kier molecular flexibility index (Phi) is 50.4. The first kappa shape index (κ1) is 70.2. The number of ether oxygens (including phenoxy) is 3. The predicted molar refractivity (Wildman–Crippen MR) is 306 cm³/mol. The van der Waals surface area contributed by atoms with Crippen molar-refractivity contribution in [1.29, 1.82) is 0 Å². The van der Waals surface area contributed by atoms with E-state index in [-0.39, 0.29) is 18.5 Å². The highest BCUT2D eigenvalue weighted by atomic mass is 16.7. The molecule has 1 heterocycles. The van der Waals surface area contributed by atoms with Crippen molar-refractivity contribution in [1.82, 2.24) is 5.32 Å². The molecule has 11 nitrogen and oxygen atoms in total. The van der Waals surface area contributed by atoms with Crippen LogP contribution >= 0.6 is 0 Å². The van der Waals surface area contributed by atoms with E-state index in [2.05, 4.69) is 31.3 Å². The summed E-state index contributed by atoms with van der Waals surface area (Å²) in [6, 6.07) is -0.824. The highest BCUT2D eigenvalue weighted by Crippen LogP contribution is 2.23. The first-order valence-electron chi connectivity index (χ1n) is 31.6. The van der Waals surface area contributed by atoms with E-state index >= 15 is 0 Å². The van der Waals surface area contributed by atoms with Gasteiger partial charge in [0.15, 0.2) is 6.29 Å². The second-order valence-corrected chi connectivity index (χ2v) is 22.1. The quantitative estimate of drug-likeness (QED) is 0.0195. The Balaban J connectivity index is 1.98. The molecule has 0 saturated carbocycles. The molecule has 7 unspecified atom stereocenters. The molecule has 7 atom stereocenters. The Labute approximate surface area is 454 Å². The van der Waals surface area contributed by atoms with Crippen LogP contribution in [0, 0.1) is 0 Å². The van der Waals surface area contributed by atoms with Crippen LogP contribution in [0.3, 0.4) is 0 Å². The molecule has 6 N–H and O–H groups in total. The lowest BCUT2D eigenvalue weighted by Gasteiger charge is -2.40. The van der Waals surface area contributed by atoms with Crippen LogP contribution in [0.15, 0.2) is 24.3 Å². The molecule has 1 rings (SSSR count). The number of carbonyl (C=O) groups excluding carboxylic acids is 2. The summed E-state index contributed by atoms with van der Waals surface area (Å²) in [5.74, 6) is -0.186. The number of hydrogen-bond acceptors (Lipinski definition) is 10. The Bertz CT molecular complexity index is 1280. The second-order valence-electron chi connectivity index (χ2n) is 22.1. The van der Waals surface area contributed by atoms with Crippen molar-refractivity contribution in [3.05, 3.63) is 24.3 Å². The van der Waals surface area contributed by atoms with Crippen molar-refractivity contribution >= 4 is 11.9 Å². The standard InChI is InChI=1S/C63H119NO10/c1-3-5-7-9-11-13-30-35-39-43-47-51-59(68)72-52-48-44-40-36-32-29-27-25-23-21-19-17-15-16-18-20-22-24-26-28-31-34-38-42-46-50-58(67)64-55(54-73-63-62(71)61(70)60(69)57(53-65)74-63)56(66)49-45-41-37-33-14-12-10-8-6-4-2/h14,33,45,49,55-57,60-63,65-66,69-71H,3-13,15-32,34-44,46-48,50-54H2,1-2H3,(H,64,67)/b33-14+,49-45+. The number of aliphatic hydroxyl groups is 5. The lowest BCUT2D eigenvalue weighted by atomic mass is 9.99. The van der Waals surface area contributed by atoms with Gasteiger partial charge in [-0.25, -0.2) is 0 Å². The lowest BCUT2D eigenvalue weighted by molar-refractivity contribution is -0.302. The molecule has 0 aromatic rings. The average molecular weight is 1050 g/mol. The fourth-order valence-corrected chi connectivity index (χ4v) is 10.0. The largest absolute Gasteiger partial charge is 0.466 e. The number of esters is 1. The van der Waals surface area contributed by atoms with Crippen molar-refractivity contribution in [2.75, 3.05) is 19.8 Å². The van der Waals surface area contributed by atoms with Gasteiger partial charge in [-0.15, -0.1) is 0 Å². The van der Waals surface area contributed by atoms with Crippen LogP contribution in [-0.2, 0) is 23.8 Å². The third kappa shape index (κ3) is 42.2. The third-order valence-electron chi connectivity index (χ3n) is 15.1. The summed E-state index contributed by atoms with van der Waals surface area (Å²) in [5.41, 5.74) is 0. The summed E-state index contributed by atoms with van der Waals surface area (Å²) in [6.07, 6.45) is 54.4. The van der Waals surface area contributed by atoms with Gasteiger partial charge >= 0.3 is 5.97 Å². The Morgan fingerprint density at radius 2 is 0.878 bits per heavy atom. The molecule has 0 spiro atoms. The number of amides is 1. The number of hydrogen-bond donors (Lipinski definition) is 6. The van der Waals surface area contributed by atoms with Gasteiger partial charge in [0.25, 0.3) is 0 Å². The van der Waals surface area contributed by atoms with Crippen LogP contribution in [0.25, 0.3) is 0 Å². The highest BCUT2D eigenvalue weighted by molar-refractivity contribution is 5.76. The number of carbonyl (C=O) groups is 2. The molecule has 0 radical (unpaired) electrons. The smallest absolute Gasteiger partial charge is 0.305 e. The third-order valence-corrected chi connectivity index (χ3v) is 15.1. The maximum absolute atomic E-state index is 13.0. The van der Waals surface area contributed by atoms with Gasteiger partial charge in [0.05, 0.1) is 32.0 Å². The number of nitrogens with one attached hydrogen (secondary N) is 1. The Morgan fingerprint density at radius 1 is 0.486 bits per heavy atom. The lowest BCUT2D eigenvalue weighted by Crippen LogP contribution is -2.60. The zero-order valence-corrected chi connectivity index (χ0v) is 48.1. The minimum atomic E-state index is -1.57. The topological polar surface area (TPSA) is 175 Å². The fourth-order valence-electron chi connectivity index (χ4n) is 10.0. The maximum Gasteiger partial charge on any atom is 0.305 e. The maximum atomic E-state index is 13.0. The van der Waals surface area contributed by atoms with Crippen LogP contribution in [0.4, 0.5) is 0 Å². The van der Waals surface area contributed by atoms with E-state index in [0.29, 0.717) is 19.4 Å². The SMILES string of the molecule is CCCCCC/C=C/CC/C=C/C(O)C(COC1OC(CO)C(O)C(O)C1O)NC(=O)CCCCCCCCCCCCCCCCCCCCCCCCCCCOC(=O)CCCCCCCCCCCCC. The monoisotopic (exact) mass is 1050 g/mol. The van der Waals surface area contributed by atoms with Gasteiger partial charge in [-0.2, -0.15) is 0 Å². The minimum absolute atomic E-state index is 0.00529. The molecular weight excluding hydrogens is 931 g/mol. The molecular formula is C63H119NO10. The van der Waals surface area contributed by atoms with Crippen molar-refractivity contribution in [3.63, 3.8) is 0 Å². The molecule has 0 aromatic heterocycles. The minimum Gasteiger partial charge on any atom is -0.466 e. The van der Waals surface area contributed by atoms with Crippen LogP contribution in [0.2, 0.25) is 0 Å². The summed E-state index contributed by atoms with van der Waals surface area (Å²) in [7, 11) is 0. The molecule has 0 bridgehead atoms. The summed E-state index contributed by atoms with van der Waals surface area (Å²) >= 11 is 0. The van der Waals surface area contributed by atoms with E-state index in [9.17, 15) is 35.1 Å². The van der Waals surface area contributed by atoms with Crippen LogP contribution in [0.5, 0.6) is 0 Å². The first-order valence-corrected chi connectivity index (χ1v) is 31.6. The van der Waals surface area contributed by atoms with E-state index in [1.807, 2.05) is 6.08 Å². The highest BCUT2D eigenvalue weighted by Gasteiger charge is 2.44.